The number of carbonyl (C=O) groups excluding carboxylic acids is 1. The molecule has 2 aromatic carbocycles. The Balaban J connectivity index is 1.61. The number of anilines is 1. The summed E-state index contributed by atoms with van der Waals surface area (Å²) in [7, 11) is 1.40. The van der Waals surface area contributed by atoms with E-state index in [0.717, 1.165) is 25.9 Å². The van der Waals surface area contributed by atoms with Crippen molar-refractivity contribution >= 4 is 21.6 Å². The smallest absolute Gasteiger partial charge is 0.296 e. The first kappa shape index (κ1) is 24.7. The van der Waals surface area contributed by atoms with Gasteiger partial charge in [-0.05, 0) is 70.2 Å². The zero-order chi connectivity index (χ0) is 25.3. The Labute approximate surface area is 205 Å². The summed E-state index contributed by atoms with van der Waals surface area (Å²) in [5.74, 6) is -0.223. The number of nitrogens with zero attached hydrogens (tertiary/aromatic N) is 4. The Kier molecular flexibility index (Phi) is 6.86. The molecule has 186 valence electrons. The zero-order valence-corrected chi connectivity index (χ0v) is 21.2. The lowest BCUT2D eigenvalue weighted by molar-refractivity contribution is 0.0659. The van der Waals surface area contributed by atoms with E-state index in [1.807, 2.05) is 6.07 Å². The molecule has 1 aromatic heterocycles. The van der Waals surface area contributed by atoms with Gasteiger partial charge < -0.3 is 9.80 Å². The Bertz CT molecular complexity index is 1390. The molecular formula is C25H31N5O4S. The summed E-state index contributed by atoms with van der Waals surface area (Å²) in [6.07, 6.45) is 1.75. The van der Waals surface area contributed by atoms with Gasteiger partial charge in [-0.3, -0.25) is 19.0 Å². The quantitative estimate of drug-likeness (QED) is 0.564. The van der Waals surface area contributed by atoms with Crippen LogP contribution in [0.3, 0.4) is 0 Å². The topological polar surface area (TPSA) is 96.7 Å². The molecule has 1 saturated heterocycles. The Morgan fingerprint density at radius 3 is 2.34 bits per heavy atom. The number of rotatable bonds is 6. The van der Waals surface area contributed by atoms with Crippen LogP contribution in [0.1, 0.15) is 28.9 Å². The van der Waals surface area contributed by atoms with Crippen molar-refractivity contribution in [3.05, 3.63) is 76.2 Å². The molecular weight excluding hydrogens is 466 g/mol. The van der Waals surface area contributed by atoms with Gasteiger partial charge in [0.2, 0.25) is 0 Å². The second-order valence-corrected chi connectivity index (χ2v) is 10.7. The van der Waals surface area contributed by atoms with Crippen LogP contribution in [-0.2, 0) is 17.1 Å². The predicted molar refractivity (Wildman–Crippen MR) is 136 cm³/mol. The molecule has 3 aromatic rings. The Hall–Kier alpha value is -3.37. The number of sulfonamides is 1. The fraction of sp³-hybridized carbons (Fsp3) is 0.360. The highest BCUT2D eigenvalue weighted by Crippen LogP contribution is 2.21. The van der Waals surface area contributed by atoms with E-state index in [0.29, 0.717) is 16.9 Å². The third-order valence-corrected chi connectivity index (χ3v) is 8.09. The SMILES string of the molecule is Cc1c(NS(=O)(=O)c2cccc(C(=O)N(C)C3CCN(C)CC3)c2)c(=O)n(-c2ccccc2)n1C. The Morgan fingerprint density at radius 2 is 1.69 bits per heavy atom. The van der Waals surface area contributed by atoms with Crippen LogP contribution in [0.15, 0.2) is 64.3 Å². The second kappa shape index (κ2) is 9.71. The minimum atomic E-state index is -4.11. The minimum absolute atomic E-state index is 0.0310. The van der Waals surface area contributed by atoms with Gasteiger partial charge in [-0.15, -0.1) is 0 Å². The molecule has 35 heavy (non-hydrogen) atoms. The highest BCUT2D eigenvalue weighted by Gasteiger charge is 2.27. The number of aromatic nitrogens is 2. The van der Waals surface area contributed by atoms with E-state index in [4.69, 9.17) is 0 Å². The van der Waals surface area contributed by atoms with E-state index < -0.39 is 15.6 Å². The number of nitrogens with one attached hydrogen (secondary N) is 1. The zero-order valence-electron chi connectivity index (χ0n) is 20.4. The van der Waals surface area contributed by atoms with E-state index in [1.54, 1.807) is 67.0 Å². The Morgan fingerprint density at radius 1 is 1.03 bits per heavy atom. The van der Waals surface area contributed by atoms with Gasteiger partial charge in [0, 0.05) is 25.7 Å². The predicted octanol–water partition coefficient (Wildman–Crippen LogP) is 2.45. The van der Waals surface area contributed by atoms with E-state index in [2.05, 4.69) is 16.7 Å². The standard InChI is InChI=1S/C25H31N5O4S/c1-18-23(25(32)30(29(18)4)21-10-6-5-7-11-21)26-35(33,34)22-12-8-9-19(17-22)24(31)28(3)20-13-15-27(2)16-14-20/h5-12,17,20,26H,13-16H2,1-4H3. The van der Waals surface area contributed by atoms with Crippen LogP contribution >= 0.6 is 0 Å². The van der Waals surface area contributed by atoms with E-state index in [1.165, 1.54) is 16.8 Å². The molecule has 0 saturated carbocycles. The minimum Gasteiger partial charge on any atom is -0.339 e. The monoisotopic (exact) mass is 497 g/mol. The van der Waals surface area contributed by atoms with Crippen molar-refractivity contribution < 1.29 is 13.2 Å². The molecule has 1 amide bonds. The highest BCUT2D eigenvalue weighted by atomic mass is 32.2. The van der Waals surface area contributed by atoms with Crippen molar-refractivity contribution in [1.82, 2.24) is 19.2 Å². The molecule has 0 aliphatic carbocycles. The molecule has 10 heteroatoms. The van der Waals surface area contributed by atoms with Crippen LogP contribution < -0.4 is 10.3 Å². The number of hydrogen-bond donors (Lipinski definition) is 1. The van der Waals surface area contributed by atoms with Gasteiger partial charge in [0.25, 0.3) is 21.5 Å². The average Bonchev–Trinajstić information content (AvgIpc) is 3.07. The fourth-order valence-electron chi connectivity index (χ4n) is 4.43. The summed E-state index contributed by atoms with van der Waals surface area (Å²) in [5, 5.41) is 0. The summed E-state index contributed by atoms with van der Waals surface area (Å²) < 4.78 is 32.0. The van der Waals surface area contributed by atoms with Gasteiger partial charge in [0.15, 0.2) is 0 Å². The van der Waals surface area contributed by atoms with Crippen molar-refractivity contribution in [2.45, 2.75) is 30.7 Å². The number of carbonyl (C=O) groups is 1. The van der Waals surface area contributed by atoms with Crippen molar-refractivity contribution in [2.75, 3.05) is 31.9 Å². The lowest BCUT2D eigenvalue weighted by Gasteiger charge is -2.35. The number of piperidine rings is 1. The molecule has 4 rings (SSSR count). The first-order valence-electron chi connectivity index (χ1n) is 11.5. The first-order valence-corrected chi connectivity index (χ1v) is 13.0. The van der Waals surface area contributed by atoms with Gasteiger partial charge >= 0.3 is 0 Å². The number of para-hydroxylation sites is 1. The first-order chi connectivity index (χ1) is 16.6. The van der Waals surface area contributed by atoms with E-state index >= 15 is 0 Å². The molecule has 0 radical (unpaired) electrons. The molecule has 9 nitrogen and oxygen atoms in total. The molecule has 0 bridgehead atoms. The van der Waals surface area contributed by atoms with Gasteiger partial charge in [-0.1, -0.05) is 24.3 Å². The third kappa shape index (κ3) is 4.89. The van der Waals surface area contributed by atoms with E-state index in [9.17, 15) is 18.0 Å². The highest BCUT2D eigenvalue weighted by molar-refractivity contribution is 7.92. The van der Waals surface area contributed by atoms with Gasteiger partial charge in [-0.25, -0.2) is 13.1 Å². The summed E-state index contributed by atoms with van der Waals surface area (Å²) in [4.78, 5) is 30.1. The van der Waals surface area contributed by atoms with Crippen molar-refractivity contribution in [3.63, 3.8) is 0 Å². The molecule has 1 fully saturated rings. The number of amides is 1. The molecule has 2 heterocycles. The third-order valence-electron chi connectivity index (χ3n) is 6.74. The fourth-order valence-corrected chi connectivity index (χ4v) is 5.59. The van der Waals surface area contributed by atoms with Crippen LogP contribution in [0.4, 0.5) is 5.69 Å². The second-order valence-electron chi connectivity index (χ2n) is 9.02. The summed E-state index contributed by atoms with van der Waals surface area (Å²) in [6.45, 7) is 3.50. The largest absolute Gasteiger partial charge is 0.339 e. The van der Waals surface area contributed by atoms with Crippen LogP contribution in [0.25, 0.3) is 5.69 Å². The van der Waals surface area contributed by atoms with Crippen LogP contribution in [0, 0.1) is 6.92 Å². The maximum Gasteiger partial charge on any atom is 0.296 e. The van der Waals surface area contributed by atoms with E-state index in [-0.39, 0.29) is 22.5 Å². The van der Waals surface area contributed by atoms with Gasteiger partial charge in [0.1, 0.15) is 5.69 Å². The van der Waals surface area contributed by atoms with Crippen molar-refractivity contribution in [1.29, 1.82) is 0 Å². The summed E-state index contributed by atoms with van der Waals surface area (Å²) in [6, 6.07) is 15.1. The summed E-state index contributed by atoms with van der Waals surface area (Å²) in [5.41, 5.74) is 0.876. The lowest BCUT2D eigenvalue weighted by Crippen LogP contribution is -2.44. The molecule has 0 spiro atoms. The van der Waals surface area contributed by atoms with Crippen molar-refractivity contribution in [2.24, 2.45) is 7.05 Å². The number of benzene rings is 2. The maximum atomic E-state index is 13.2. The van der Waals surface area contributed by atoms with Crippen LogP contribution in [0.5, 0.6) is 0 Å². The van der Waals surface area contributed by atoms with Crippen LogP contribution in [-0.4, -0.2) is 66.7 Å². The molecule has 1 aliphatic heterocycles. The molecule has 1 aliphatic rings. The average molecular weight is 498 g/mol. The lowest BCUT2D eigenvalue weighted by atomic mass is 10.0. The molecule has 1 N–H and O–H groups in total. The summed E-state index contributed by atoms with van der Waals surface area (Å²) >= 11 is 0. The van der Waals surface area contributed by atoms with Gasteiger partial charge in [-0.2, -0.15) is 0 Å². The number of hydrogen-bond acceptors (Lipinski definition) is 5. The number of likely N-dealkylation sites (tertiary alicyclic amines) is 1. The van der Waals surface area contributed by atoms with Gasteiger partial charge in [0.05, 0.1) is 16.3 Å². The van der Waals surface area contributed by atoms with Crippen LogP contribution in [0.2, 0.25) is 0 Å². The molecule has 0 atom stereocenters. The maximum absolute atomic E-state index is 13.2. The van der Waals surface area contributed by atoms with Crippen molar-refractivity contribution in [3.8, 4) is 5.69 Å². The normalized spacial score (nSPS) is 15.2. The molecule has 0 unspecified atom stereocenters.